The lowest BCUT2D eigenvalue weighted by atomic mass is 9.92. The van der Waals surface area contributed by atoms with Gasteiger partial charge >= 0.3 is 24.1 Å². The molecule has 2 N–H and O–H groups in total. The van der Waals surface area contributed by atoms with Gasteiger partial charge in [-0.1, -0.05) is 54.5 Å². The highest BCUT2D eigenvalue weighted by atomic mass is 16.7. The van der Waals surface area contributed by atoms with Gasteiger partial charge in [-0.25, -0.2) is 4.79 Å². The fourth-order valence-corrected chi connectivity index (χ4v) is 3.20. The number of nitrogens with two attached hydrogens (primary N) is 1. The topological polar surface area (TPSA) is 140 Å². The van der Waals surface area contributed by atoms with E-state index in [0.29, 0.717) is 12.0 Å². The van der Waals surface area contributed by atoms with Gasteiger partial charge in [0.05, 0.1) is 12.8 Å². The predicted molar refractivity (Wildman–Crippen MR) is 150 cm³/mol. The molecular weight excluding hydrogens is 518 g/mol. The van der Waals surface area contributed by atoms with Crippen molar-refractivity contribution >= 4 is 24.1 Å². The van der Waals surface area contributed by atoms with Crippen LogP contribution >= 0.6 is 0 Å². The third-order valence-corrected chi connectivity index (χ3v) is 5.53. The van der Waals surface area contributed by atoms with E-state index in [1.54, 1.807) is 26.8 Å². The van der Waals surface area contributed by atoms with E-state index in [2.05, 4.69) is 0 Å². The largest absolute Gasteiger partial charge is 0.508 e. The Labute approximate surface area is 238 Å². The Morgan fingerprint density at radius 3 is 1.88 bits per heavy atom. The number of ether oxygens (including phenoxy) is 5. The second-order valence-corrected chi connectivity index (χ2v) is 13.0. The molecule has 10 nitrogen and oxygen atoms in total. The highest BCUT2D eigenvalue weighted by molar-refractivity contribution is 5.78. The maximum atomic E-state index is 12.6. The minimum absolute atomic E-state index is 0.0547. The first-order valence-electron chi connectivity index (χ1n) is 13.6. The molecule has 0 bridgehead atoms. The molecule has 0 spiro atoms. The zero-order valence-electron chi connectivity index (χ0n) is 25.7. The first kappa shape index (κ1) is 34.9. The maximum absolute atomic E-state index is 12.6. The Bertz CT molecular complexity index is 1030. The zero-order valence-corrected chi connectivity index (χ0v) is 25.7. The minimum atomic E-state index is -1.05. The summed E-state index contributed by atoms with van der Waals surface area (Å²) in [4.78, 5) is 49.4. The summed E-state index contributed by atoms with van der Waals surface area (Å²) in [5.41, 5.74) is 5.37. The molecule has 0 saturated heterocycles. The van der Waals surface area contributed by atoms with Crippen LogP contribution in [-0.4, -0.2) is 48.4 Å². The average Bonchev–Trinajstić information content (AvgIpc) is 2.76. The summed E-state index contributed by atoms with van der Waals surface area (Å²) in [6.07, 6.45) is -0.637. The Morgan fingerprint density at radius 2 is 1.38 bits per heavy atom. The maximum Gasteiger partial charge on any atom is 0.508 e. The summed E-state index contributed by atoms with van der Waals surface area (Å²) in [7, 11) is 0. The molecule has 0 saturated carbocycles. The number of hydrogen-bond donors (Lipinski definition) is 1. The van der Waals surface area contributed by atoms with Crippen molar-refractivity contribution in [2.75, 3.05) is 6.61 Å². The molecule has 0 unspecified atom stereocenters. The van der Waals surface area contributed by atoms with E-state index in [-0.39, 0.29) is 48.2 Å². The van der Waals surface area contributed by atoms with Crippen molar-refractivity contribution in [2.45, 2.75) is 113 Å². The van der Waals surface area contributed by atoms with Crippen molar-refractivity contribution in [1.82, 2.24) is 0 Å². The van der Waals surface area contributed by atoms with Crippen LogP contribution in [-0.2, 0) is 35.0 Å². The van der Waals surface area contributed by atoms with Gasteiger partial charge in [0.2, 0.25) is 0 Å². The Balaban J connectivity index is 2.91. The van der Waals surface area contributed by atoms with Gasteiger partial charge in [0.15, 0.2) is 11.5 Å². The molecule has 2 atom stereocenters. The lowest BCUT2D eigenvalue weighted by molar-refractivity contribution is -0.152. The summed E-state index contributed by atoms with van der Waals surface area (Å²) in [6, 6.07) is 3.60. The van der Waals surface area contributed by atoms with Gasteiger partial charge in [-0.3, -0.25) is 14.4 Å². The van der Waals surface area contributed by atoms with Crippen LogP contribution in [0.2, 0.25) is 0 Å². The molecule has 226 valence electrons. The van der Waals surface area contributed by atoms with E-state index in [4.69, 9.17) is 29.4 Å². The van der Waals surface area contributed by atoms with Crippen LogP contribution in [0.3, 0.4) is 0 Å². The van der Waals surface area contributed by atoms with E-state index < -0.39 is 41.8 Å². The standard InChI is InChI=1S/C30H47NO9/c1-11-30(9,10)40-27(35)36-18-19(2)37-26(34)21(31)14-20-12-13-22(38-24(32)16-28(3,4)5)23(15-20)39-25(33)17-29(6,7)8/h12-13,15,19,21H,11,14,16-18,31H2,1-10H3/t19-,21-/m0/s1. The van der Waals surface area contributed by atoms with Crippen molar-refractivity contribution < 1.29 is 42.9 Å². The van der Waals surface area contributed by atoms with Crippen LogP contribution < -0.4 is 15.2 Å². The van der Waals surface area contributed by atoms with Crippen molar-refractivity contribution in [1.29, 1.82) is 0 Å². The fourth-order valence-electron chi connectivity index (χ4n) is 3.20. The average molecular weight is 566 g/mol. The Kier molecular flexibility index (Phi) is 12.6. The molecule has 1 aromatic carbocycles. The molecule has 0 aromatic heterocycles. The number of rotatable bonds is 12. The highest BCUT2D eigenvalue weighted by Gasteiger charge is 2.25. The van der Waals surface area contributed by atoms with Crippen LogP contribution in [0.1, 0.15) is 94.1 Å². The Morgan fingerprint density at radius 1 is 0.850 bits per heavy atom. The third-order valence-electron chi connectivity index (χ3n) is 5.53. The molecule has 40 heavy (non-hydrogen) atoms. The lowest BCUT2D eigenvalue weighted by Crippen LogP contribution is -2.37. The summed E-state index contributed by atoms with van der Waals surface area (Å²) in [5.74, 6) is -1.50. The second-order valence-electron chi connectivity index (χ2n) is 13.0. The molecule has 1 rings (SSSR count). The smallest absolute Gasteiger partial charge is 0.458 e. The summed E-state index contributed by atoms with van der Waals surface area (Å²) in [5, 5.41) is 0. The minimum Gasteiger partial charge on any atom is -0.458 e. The fraction of sp³-hybridized carbons (Fsp3) is 0.667. The third kappa shape index (κ3) is 14.3. The van der Waals surface area contributed by atoms with E-state index in [1.165, 1.54) is 12.1 Å². The first-order chi connectivity index (χ1) is 18.2. The number of esters is 3. The first-order valence-corrected chi connectivity index (χ1v) is 13.6. The van der Waals surface area contributed by atoms with Gasteiger partial charge in [0.25, 0.3) is 0 Å². The summed E-state index contributed by atoms with van der Waals surface area (Å²) < 4.78 is 26.6. The van der Waals surface area contributed by atoms with Gasteiger partial charge in [0.1, 0.15) is 24.4 Å². The molecule has 0 radical (unpaired) electrons. The predicted octanol–water partition coefficient (Wildman–Crippen LogP) is 5.51. The molecule has 0 aliphatic rings. The molecule has 0 aliphatic carbocycles. The molecule has 0 amide bonds. The summed E-state index contributed by atoms with van der Waals surface area (Å²) >= 11 is 0. The van der Waals surface area contributed by atoms with Crippen molar-refractivity contribution in [2.24, 2.45) is 16.6 Å². The second kappa shape index (κ2) is 14.5. The Hall–Kier alpha value is -3.14. The zero-order chi connectivity index (χ0) is 30.9. The number of benzene rings is 1. The van der Waals surface area contributed by atoms with Gasteiger partial charge in [-0.05, 0) is 62.1 Å². The van der Waals surface area contributed by atoms with E-state index >= 15 is 0 Å². The van der Waals surface area contributed by atoms with Crippen LogP contribution in [0.4, 0.5) is 4.79 Å². The SMILES string of the molecule is CCC(C)(C)OC(=O)OC[C@H](C)OC(=O)[C@@H](N)Cc1ccc(OC(=O)CC(C)(C)C)c(OC(=O)CC(C)(C)C)c1. The monoisotopic (exact) mass is 565 g/mol. The van der Waals surface area contributed by atoms with E-state index in [9.17, 15) is 19.2 Å². The van der Waals surface area contributed by atoms with Crippen LogP contribution in [0.15, 0.2) is 18.2 Å². The molecule has 10 heteroatoms. The van der Waals surface area contributed by atoms with Crippen LogP contribution in [0.5, 0.6) is 11.5 Å². The van der Waals surface area contributed by atoms with Gasteiger partial charge in [-0.2, -0.15) is 0 Å². The van der Waals surface area contributed by atoms with Crippen molar-refractivity contribution in [3.8, 4) is 11.5 Å². The van der Waals surface area contributed by atoms with Gasteiger partial charge < -0.3 is 29.4 Å². The number of hydrogen-bond acceptors (Lipinski definition) is 10. The van der Waals surface area contributed by atoms with Crippen molar-refractivity contribution in [3.05, 3.63) is 23.8 Å². The molecule has 0 heterocycles. The lowest BCUT2D eigenvalue weighted by Gasteiger charge is -2.23. The molecule has 0 aliphatic heterocycles. The summed E-state index contributed by atoms with van der Waals surface area (Å²) in [6.45, 7) is 18.2. The van der Waals surface area contributed by atoms with Gasteiger partial charge in [-0.15, -0.1) is 0 Å². The molecule has 0 fully saturated rings. The highest BCUT2D eigenvalue weighted by Crippen LogP contribution is 2.32. The van der Waals surface area contributed by atoms with Crippen molar-refractivity contribution in [3.63, 3.8) is 0 Å². The normalized spacial score (nSPS) is 13.6. The van der Waals surface area contributed by atoms with Crippen LogP contribution in [0, 0.1) is 10.8 Å². The molecular formula is C30H47NO9. The van der Waals surface area contributed by atoms with E-state index in [1.807, 2.05) is 48.5 Å². The van der Waals surface area contributed by atoms with Crippen LogP contribution in [0.25, 0.3) is 0 Å². The van der Waals surface area contributed by atoms with Gasteiger partial charge in [0, 0.05) is 0 Å². The number of carbonyl (C=O) groups is 4. The van der Waals surface area contributed by atoms with E-state index in [0.717, 1.165) is 0 Å². The molecule has 1 aromatic rings. The quantitative estimate of drug-likeness (QED) is 0.255. The number of carbonyl (C=O) groups excluding carboxylic acids is 4.